The van der Waals surface area contributed by atoms with Gasteiger partial charge in [0.15, 0.2) is 0 Å². The van der Waals surface area contributed by atoms with Crippen LogP contribution in [0.4, 0.5) is 13.2 Å². The van der Waals surface area contributed by atoms with Gasteiger partial charge in [0.1, 0.15) is 48.3 Å². The highest BCUT2D eigenvalue weighted by atomic mass is 19.4. The Morgan fingerprint density at radius 2 is 1.68 bits per heavy atom. The molecule has 1 aliphatic carbocycles. The number of aliphatic hydroxyl groups is 4. The summed E-state index contributed by atoms with van der Waals surface area (Å²) >= 11 is 0. The Bertz CT molecular complexity index is 987. The number of hydrogen-bond donors (Lipinski definition) is 4. The molecule has 0 amide bonds. The predicted octanol–water partition coefficient (Wildman–Crippen LogP) is 2.82. The van der Waals surface area contributed by atoms with E-state index in [1.165, 1.54) is 0 Å². The average Bonchev–Trinajstić information content (AvgIpc) is 3.60. The highest BCUT2D eigenvalue weighted by Crippen LogP contribution is 2.57. The Morgan fingerprint density at radius 3 is 2.26 bits per heavy atom. The second-order valence-electron chi connectivity index (χ2n) is 9.32. The van der Waals surface area contributed by atoms with Crippen molar-refractivity contribution in [2.45, 2.75) is 62.9 Å². The largest absolute Gasteiger partial charge is 0.493 e. The van der Waals surface area contributed by atoms with Crippen LogP contribution < -0.4 is 4.74 Å². The third-order valence-electron chi connectivity index (χ3n) is 6.88. The summed E-state index contributed by atoms with van der Waals surface area (Å²) in [5.41, 5.74) is 1.71. The lowest BCUT2D eigenvalue weighted by Crippen LogP contribution is -2.55. The van der Waals surface area contributed by atoms with Gasteiger partial charge in [0, 0.05) is 0 Å². The zero-order valence-corrected chi connectivity index (χ0v) is 18.7. The number of hydrogen-bond acceptors (Lipinski definition) is 6. The predicted molar refractivity (Wildman–Crippen MR) is 116 cm³/mol. The molecule has 4 N–H and O–H groups in total. The number of aliphatic hydroxyl groups excluding tert-OH is 4. The zero-order chi connectivity index (χ0) is 24.7. The monoisotopic (exact) mass is 482 g/mol. The van der Waals surface area contributed by atoms with E-state index in [4.69, 9.17) is 9.47 Å². The molecule has 4 rings (SSSR count). The highest BCUT2D eigenvalue weighted by molar-refractivity contribution is 5.38. The van der Waals surface area contributed by atoms with Crippen LogP contribution in [0, 0.1) is 12.3 Å². The lowest BCUT2D eigenvalue weighted by atomic mass is 9.89. The van der Waals surface area contributed by atoms with Gasteiger partial charge in [0.2, 0.25) is 0 Å². The van der Waals surface area contributed by atoms with E-state index in [9.17, 15) is 33.6 Å². The second-order valence-corrected chi connectivity index (χ2v) is 9.32. The molecule has 0 bridgehead atoms. The van der Waals surface area contributed by atoms with Crippen molar-refractivity contribution in [2.75, 3.05) is 13.2 Å². The quantitative estimate of drug-likeness (QED) is 0.485. The Balaban J connectivity index is 1.45. The maximum atomic E-state index is 13.1. The third kappa shape index (κ3) is 4.94. The van der Waals surface area contributed by atoms with Gasteiger partial charge in [-0.25, -0.2) is 0 Å². The Labute approximate surface area is 195 Å². The van der Waals surface area contributed by atoms with Crippen molar-refractivity contribution < 1.29 is 43.1 Å². The van der Waals surface area contributed by atoms with Crippen molar-refractivity contribution in [2.24, 2.45) is 5.41 Å². The van der Waals surface area contributed by atoms with E-state index in [1.807, 2.05) is 19.1 Å². The number of ether oxygens (including phenoxy) is 2. The number of benzene rings is 2. The smallest absolute Gasteiger partial charge is 0.397 e. The molecular weight excluding hydrogens is 453 g/mol. The van der Waals surface area contributed by atoms with E-state index >= 15 is 0 Å². The number of alkyl halides is 3. The summed E-state index contributed by atoms with van der Waals surface area (Å²) in [7, 11) is 0. The molecule has 2 aromatic carbocycles. The summed E-state index contributed by atoms with van der Waals surface area (Å²) in [6.07, 6.45) is -9.70. The molecule has 1 heterocycles. The molecule has 9 heteroatoms. The molecule has 2 aromatic rings. The van der Waals surface area contributed by atoms with Crippen LogP contribution in [-0.4, -0.2) is 64.2 Å². The van der Waals surface area contributed by atoms with E-state index in [0.717, 1.165) is 16.7 Å². The topological polar surface area (TPSA) is 99.4 Å². The summed E-state index contributed by atoms with van der Waals surface area (Å²) in [4.78, 5) is 0. The van der Waals surface area contributed by atoms with Gasteiger partial charge in [-0.1, -0.05) is 30.3 Å². The lowest BCUT2D eigenvalue weighted by Gasteiger charge is -2.40. The third-order valence-corrected chi connectivity index (χ3v) is 6.88. The fourth-order valence-electron chi connectivity index (χ4n) is 4.24. The van der Waals surface area contributed by atoms with Crippen molar-refractivity contribution >= 4 is 0 Å². The molecule has 0 unspecified atom stereocenters. The molecule has 34 heavy (non-hydrogen) atoms. The van der Waals surface area contributed by atoms with Gasteiger partial charge in [0.25, 0.3) is 0 Å². The standard InChI is InChI=1S/C25H29F3O6/c1-14-2-5-16(23-22(32)21(31)20(30)19(12-29)34-23)11-17(14)10-15-3-6-18(7-4-15)33-13-24(8-9-24)25(26,27)28/h2-7,11,19-23,29-32H,8-10,12-13H2,1H3/t19-,20-,21+,22-,23+/m1/s1. The first-order valence-corrected chi connectivity index (χ1v) is 11.2. The summed E-state index contributed by atoms with van der Waals surface area (Å²) in [5.74, 6) is 0.381. The zero-order valence-electron chi connectivity index (χ0n) is 18.7. The first kappa shape index (κ1) is 24.9. The number of rotatable bonds is 7. The highest BCUT2D eigenvalue weighted by Gasteiger charge is 2.63. The lowest BCUT2D eigenvalue weighted by molar-refractivity contribution is -0.231. The summed E-state index contributed by atoms with van der Waals surface area (Å²) in [6.45, 7) is 1.05. The molecular formula is C25H29F3O6. The van der Waals surface area contributed by atoms with Crippen LogP contribution in [0.1, 0.15) is 41.2 Å². The molecule has 186 valence electrons. The molecule has 2 aliphatic rings. The molecule has 5 atom stereocenters. The van der Waals surface area contributed by atoms with Gasteiger partial charge in [-0.3, -0.25) is 0 Å². The van der Waals surface area contributed by atoms with E-state index in [-0.39, 0.29) is 19.4 Å². The van der Waals surface area contributed by atoms with Crippen LogP contribution in [0.15, 0.2) is 42.5 Å². The summed E-state index contributed by atoms with van der Waals surface area (Å²) < 4.78 is 50.3. The van der Waals surface area contributed by atoms with Gasteiger partial charge in [-0.2, -0.15) is 13.2 Å². The van der Waals surface area contributed by atoms with E-state index in [1.54, 1.807) is 30.3 Å². The molecule has 6 nitrogen and oxygen atoms in total. The van der Waals surface area contributed by atoms with Crippen LogP contribution in [0.5, 0.6) is 5.75 Å². The van der Waals surface area contributed by atoms with Crippen LogP contribution in [0.3, 0.4) is 0 Å². The Kier molecular flexibility index (Phi) is 6.94. The van der Waals surface area contributed by atoms with Crippen molar-refractivity contribution in [1.82, 2.24) is 0 Å². The molecule has 1 aliphatic heterocycles. The van der Waals surface area contributed by atoms with E-state index < -0.39 is 48.7 Å². The van der Waals surface area contributed by atoms with Crippen molar-refractivity contribution in [3.63, 3.8) is 0 Å². The van der Waals surface area contributed by atoms with Gasteiger partial charge in [-0.15, -0.1) is 0 Å². The molecule has 0 radical (unpaired) electrons. The van der Waals surface area contributed by atoms with Gasteiger partial charge in [0.05, 0.1) is 6.61 Å². The molecule has 1 saturated carbocycles. The number of halogens is 3. The fraction of sp³-hybridized carbons (Fsp3) is 0.520. The maximum absolute atomic E-state index is 13.1. The van der Waals surface area contributed by atoms with Crippen molar-refractivity contribution in [1.29, 1.82) is 0 Å². The van der Waals surface area contributed by atoms with E-state index in [0.29, 0.717) is 17.7 Å². The van der Waals surface area contributed by atoms with Crippen molar-refractivity contribution in [3.05, 3.63) is 64.7 Å². The van der Waals surface area contributed by atoms with Gasteiger partial charge in [-0.05, 0) is 60.6 Å². The second kappa shape index (κ2) is 9.47. The first-order valence-electron chi connectivity index (χ1n) is 11.2. The van der Waals surface area contributed by atoms with E-state index in [2.05, 4.69) is 0 Å². The number of aryl methyl sites for hydroxylation is 1. The molecule has 1 saturated heterocycles. The maximum Gasteiger partial charge on any atom is 0.397 e. The Morgan fingerprint density at radius 1 is 1.00 bits per heavy atom. The first-order chi connectivity index (χ1) is 16.0. The average molecular weight is 482 g/mol. The normalized spacial score (nSPS) is 28.5. The minimum absolute atomic E-state index is 0.0959. The van der Waals surface area contributed by atoms with Gasteiger partial charge < -0.3 is 29.9 Å². The van der Waals surface area contributed by atoms with Crippen molar-refractivity contribution in [3.8, 4) is 5.75 Å². The molecule has 0 aromatic heterocycles. The molecule has 0 spiro atoms. The van der Waals surface area contributed by atoms with Crippen LogP contribution in [0.2, 0.25) is 0 Å². The fourth-order valence-corrected chi connectivity index (χ4v) is 4.24. The summed E-state index contributed by atoms with van der Waals surface area (Å²) in [6, 6.07) is 12.3. The SMILES string of the molecule is Cc1ccc([C@@H]2O[C@H](CO)[C@@H](O)[C@H](O)[C@H]2O)cc1Cc1ccc(OCC2(C(F)(F)F)CC2)cc1. The van der Waals surface area contributed by atoms with Gasteiger partial charge >= 0.3 is 6.18 Å². The minimum atomic E-state index is -4.25. The summed E-state index contributed by atoms with van der Waals surface area (Å²) in [5, 5.41) is 39.9. The Hall–Kier alpha value is -2.17. The minimum Gasteiger partial charge on any atom is -0.493 e. The molecule has 2 fully saturated rings. The van der Waals surface area contributed by atoms with Crippen LogP contribution >= 0.6 is 0 Å². The van der Waals surface area contributed by atoms with Crippen LogP contribution in [-0.2, 0) is 11.2 Å². The van der Waals surface area contributed by atoms with Crippen LogP contribution in [0.25, 0.3) is 0 Å².